The number of likely N-dealkylation sites (tertiary alicyclic amines) is 1. The van der Waals surface area contributed by atoms with Gasteiger partial charge in [0.05, 0.1) is 11.1 Å². The fourth-order valence-corrected chi connectivity index (χ4v) is 2.43. The Kier molecular flexibility index (Phi) is 5.15. The number of amides is 2. The number of carboxylic acids is 1. The SMILES string of the molecule is CC(Oc1ccccc1NC(=O)N1CCC(C)(C(=O)O)C1)C(F)(F)F. The van der Waals surface area contributed by atoms with Crippen LogP contribution in [0.2, 0.25) is 0 Å². The second kappa shape index (κ2) is 6.81. The lowest BCUT2D eigenvalue weighted by Gasteiger charge is -2.22. The number of carbonyl (C=O) groups excluding carboxylic acids is 1. The van der Waals surface area contributed by atoms with E-state index in [1.54, 1.807) is 13.0 Å². The third-order valence-corrected chi connectivity index (χ3v) is 4.17. The highest BCUT2D eigenvalue weighted by Gasteiger charge is 2.42. The molecule has 1 saturated heterocycles. The Labute approximate surface area is 142 Å². The minimum atomic E-state index is -4.53. The van der Waals surface area contributed by atoms with Crippen LogP contribution in [0.25, 0.3) is 0 Å². The summed E-state index contributed by atoms with van der Waals surface area (Å²) in [6.07, 6.45) is -6.26. The summed E-state index contributed by atoms with van der Waals surface area (Å²) in [7, 11) is 0. The molecule has 1 heterocycles. The summed E-state index contributed by atoms with van der Waals surface area (Å²) < 4.78 is 42.9. The fraction of sp³-hybridized carbons (Fsp3) is 0.500. The number of hydrogen-bond donors (Lipinski definition) is 2. The second-order valence-corrected chi connectivity index (χ2v) is 6.27. The first-order chi connectivity index (χ1) is 11.5. The van der Waals surface area contributed by atoms with Crippen molar-refractivity contribution in [3.63, 3.8) is 0 Å². The van der Waals surface area contributed by atoms with E-state index in [0.29, 0.717) is 6.42 Å². The van der Waals surface area contributed by atoms with E-state index in [1.165, 1.54) is 23.1 Å². The minimum Gasteiger partial charge on any atom is -0.481 e. The topological polar surface area (TPSA) is 78.9 Å². The van der Waals surface area contributed by atoms with E-state index in [9.17, 15) is 27.9 Å². The zero-order valence-electron chi connectivity index (χ0n) is 13.8. The van der Waals surface area contributed by atoms with Gasteiger partial charge in [0.2, 0.25) is 0 Å². The average Bonchev–Trinajstić information content (AvgIpc) is 2.92. The van der Waals surface area contributed by atoms with Gasteiger partial charge in [0.25, 0.3) is 0 Å². The standard InChI is InChI=1S/C16H19F3N2O4/c1-10(16(17,18)19)25-12-6-4-3-5-11(12)20-14(24)21-8-7-15(2,9-21)13(22)23/h3-6,10H,7-9H2,1-2H3,(H,20,24)(H,22,23). The number of ether oxygens (including phenoxy) is 1. The van der Waals surface area contributed by atoms with Gasteiger partial charge in [-0.25, -0.2) is 4.79 Å². The number of nitrogens with zero attached hydrogens (tertiary/aromatic N) is 1. The van der Waals surface area contributed by atoms with Gasteiger partial charge >= 0.3 is 18.2 Å². The van der Waals surface area contributed by atoms with Gasteiger partial charge in [0, 0.05) is 13.1 Å². The Balaban J connectivity index is 2.08. The molecule has 1 aromatic rings. The Morgan fingerprint density at radius 3 is 2.56 bits per heavy atom. The molecule has 0 radical (unpaired) electrons. The summed E-state index contributed by atoms with van der Waals surface area (Å²) in [5, 5.41) is 11.7. The van der Waals surface area contributed by atoms with Gasteiger partial charge in [-0.3, -0.25) is 4.79 Å². The van der Waals surface area contributed by atoms with Crippen molar-refractivity contribution < 1.29 is 32.6 Å². The van der Waals surface area contributed by atoms with Crippen molar-refractivity contribution in [1.82, 2.24) is 4.90 Å². The number of aliphatic carboxylic acids is 1. The molecule has 138 valence electrons. The summed E-state index contributed by atoms with van der Waals surface area (Å²) in [4.78, 5) is 24.9. The molecule has 9 heteroatoms. The Hall–Kier alpha value is -2.45. The molecule has 2 amide bonds. The molecule has 6 nitrogen and oxygen atoms in total. The summed E-state index contributed by atoms with van der Waals surface area (Å²) in [6, 6.07) is 5.20. The molecule has 2 unspecified atom stereocenters. The summed E-state index contributed by atoms with van der Waals surface area (Å²) in [5.74, 6) is -1.11. The molecule has 25 heavy (non-hydrogen) atoms. The molecule has 0 spiro atoms. The number of benzene rings is 1. The predicted octanol–water partition coefficient (Wildman–Crippen LogP) is 3.34. The molecule has 0 aromatic heterocycles. The number of nitrogens with one attached hydrogen (secondary N) is 1. The maximum absolute atomic E-state index is 12.7. The molecule has 0 bridgehead atoms. The van der Waals surface area contributed by atoms with E-state index in [1.807, 2.05) is 0 Å². The summed E-state index contributed by atoms with van der Waals surface area (Å²) >= 11 is 0. The molecular formula is C16H19F3N2O4. The third-order valence-electron chi connectivity index (χ3n) is 4.17. The molecule has 1 fully saturated rings. The lowest BCUT2D eigenvalue weighted by Crippen LogP contribution is -2.37. The van der Waals surface area contributed by atoms with Crippen LogP contribution in [0.3, 0.4) is 0 Å². The van der Waals surface area contributed by atoms with Gasteiger partial charge in [-0.15, -0.1) is 0 Å². The zero-order chi connectivity index (χ0) is 18.8. The zero-order valence-corrected chi connectivity index (χ0v) is 13.8. The number of carbonyl (C=O) groups is 2. The number of para-hydroxylation sites is 2. The van der Waals surface area contributed by atoms with Crippen molar-refractivity contribution in [3.8, 4) is 5.75 Å². The molecule has 2 atom stereocenters. The highest BCUT2D eigenvalue weighted by Crippen LogP contribution is 2.32. The van der Waals surface area contributed by atoms with E-state index in [4.69, 9.17) is 4.74 Å². The monoisotopic (exact) mass is 360 g/mol. The Morgan fingerprint density at radius 2 is 2.00 bits per heavy atom. The summed E-state index contributed by atoms with van der Waals surface area (Å²) in [5.41, 5.74) is -0.939. The molecule has 0 saturated carbocycles. The first-order valence-corrected chi connectivity index (χ1v) is 7.65. The van der Waals surface area contributed by atoms with Crippen LogP contribution in [0, 0.1) is 5.41 Å². The second-order valence-electron chi connectivity index (χ2n) is 6.27. The van der Waals surface area contributed by atoms with Crippen LogP contribution in [-0.2, 0) is 4.79 Å². The van der Waals surface area contributed by atoms with Crippen molar-refractivity contribution in [1.29, 1.82) is 0 Å². The first-order valence-electron chi connectivity index (χ1n) is 7.65. The van der Waals surface area contributed by atoms with Crippen LogP contribution in [0.1, 0.15) is 20.3 Å². The van der Waals surface area contributed by atoms with Gasteiger partial charge in [0.15, 0.2) is 6.10 Å². The van der Waals surface area contributed by atoms with Gasteiger partial charge in [0.1, 0.15) is 5.75 Å². The first kappa shape index (κ1) is 18.9. The average molecular weight is 360 g/mol. The number of hydrogen-bond acceptors (Lipinski definition) is 3. The van der Waals surface area contributed by atoms with Crippen molar-refractivity contribution in [2.24, 2.45) is 5.41 Å². The maximum atomic E-state index is 12.7. The van der Waals surface area contributed by atoms with Crippen LogP contribution in [0.5, 0.6) is 5.75 Å². The van der Waals surface area contributed by atoms with E-state index in [2.05, 4.69) is 5.32 Å². The number of halogens is 3. The number of carboxylic acid groups (broad SMARTS) is 1. The largest absolute Gasteiger partial charge is 0.481 e. The molecule has 0 aliphatic carbocycles. The quantitative estimate of drug-likeness (QED) is 0.863. The maximum Gasteiger partial charge on any atom is 0.425 e. The predicted molar refractivity (Wildman–Crippen MR) is 83.5 cm³/mol. The van der Waals surface area contributed by atoms with Crippen molar-refractivity contribution in [2.45, 2.75) is 32.5 Å². The molecule has 2 N–H and O–H groups in total. The lowest BCUT2D eigenvalue weighted by atomic mass is 9.90. The van der Waals surface area contributed by atoms with Crippen LogP contribution < -0.4 is 10.1 Å². The fourth-order valence-electron chi connectivity index (χ4n) is 2.43. The number of urea groups is 1. The van der Waals surface area contributed by atoms with E-state index < -0.39 is 29.7 Å². The highest BCUT2D eigenvalue weighted by atomic mass is 19.4. The lowest BCUT2D eigenvalue weighted by molar-refractivity contribution is -0.189. The molecular weight excluding hydrogens is 341 g/mol. The smallest absolute Gasteiger partial charge is 0.425 e. The number of anilines is 1. The van der Waals surface area contributed by atoms with E-state index in [0.717, 1.165) is 6.92 Å². The van der Waals surface area contributed by atoms with Gasteiger partial charge in [-0.05, 0) is 32.4 Å². The van der Waals surface area contributed by atoms with Crippen LogP contribution >= 0.6 is 0 Å². The van der Waals surface area contributed by atoms with Crippen LogP contribution in [0.4, 0.5) is 23.7 Å². The Bertz CT molecular complexity index is 665. The van der Waals surface area contributed by atoms with Gasteiger partial charge < -0.3 is 20.1 Å². The van der Waals surface area contributed by atoms with Crippen molar-refractivity contribution in [2.75, 3.05) is 18.4 Å². The number of alkyl halides is 3. The molecule has 1 aliphatic rings. The van der Waals surface area contributed by atoms with E-state index in [-0.39, 0.29) is 24.5 Å². The van der Waals surface area contributed by atoms with Crippen molar-refractivity contribution in [3.05, 3.63) is 24.3 Å². The van der Waals surface area contributed by atoms with Gasteiger partial charge in [-0.2, -0.15) is 13.2 Å². The van der Waals surface area contributed by atoms with E-state index >= 15 is 0 Å². The van der Waals surface area contributed by atoms with Gasteiger partial charge in [-0.1, -0.05) is 12.1 Å². The van der Waals surface area contributed by atoms with Crippen LogP contribution in [0.15, 0.2) is 24.3 Å². The molecule has 2 rings (SSSR count). The Morgan fingerprint density at radius 1 is 1.36 bits per heavy atom. The highest BCUT2D eigenvalue weighted by molar-refractivity contribution is 5.91. The third kappa shape index (κ3) is 4.34. The van der Waals surface area contributed by atoms with Crippen molar-refractivity contribution >= 4 is 17.7 Å². The summed E-state index contributed by atoms with van der Waals surface area (Å²) in [6.45, 7) is 2.69. The van der Waals surface area contributed by atoms with Crippen LogP contribution in [-0.4, -0.2) is 47.4 Å². The normalized spacial score (nSPS) is 21.7. The number of rotatable bonds is 4. The molecule has 1 aromatic carbocycles. The minimum absolute atomic E-state index is 0.0240. The molecule has 1 aliphatic heterocycles.